The third kappa shape index (κ3) is 4.82. The molecule has 1 saturated heterocycles. The van der Waals surface area contributed by atoms with Crippen molar-refractivity contribution in [1.29, 1.82) is 0 Å². The van der Waals surface area contributed by atoms with Gasteiger partial charge in [0.25, 0.3) is 0 Å². The maximum absolute atomic E-state index is 13.3. The van der Waals surface area contributed by atoms with Gasteiger partial charge in [-0.05, 0) is 42.6 Å². The van der Waals surface area contributed by atoms with Crippen LogP contribution in [-0.4, -0.2) is 61.4 Å². The molecule has 11 heteroatoms. The van der Waals surface area contributed by atoms with E-state index in [1.54, 1.807) is 4.90 Å². The molecule has 1 aliphatic carbocycles. The van der Waals surface area contributed by atoms with Crippen molar-refractivity contribution in [2.45, 2.75) is 58.4 Å². The third-order valence-corrected chi connectivity index (χ3v) is 6.72. The van der Waals surface area contributed by atoms with Gasteiger partial charge in [-0.1, -0.05) is 0 Å². The lowest BCUT2D eigenvalue weighted by atomic mass is 10.2. The van der Waals surface area contributed by atoms with E-state index in [4.69, 9.17) is 0 Å². The zero-order valence-electron chi connectivity index (χ0n) is 17.6. The van der Waals surface area contributed by atoms with E-state index in [0.29, 0.717) is 31.9 Å². The van der Waals surface area contributed by atoms with E-state index in [0.717, 1.165) is 31.6 Å². The average molecular weight is 503 g/mol. The summed E-state index contributed by atoms with van der Waals surface area (Å²) in [7, 11) is 0. The fourth-order valence-electron chi connectivity index (χ4n) is 4.00. The number of amides is 1. The van der Waals surface area contributed by atoms with Crippen LogP contribution < -0.4 is 0 Å². The van der Waals surface area contributed by atoms with Gasteiger partial charge in [0.2, 0.25) is 5.91 Å². The molecule has 4 rings (SSSR count). The monoisotopic (exact) mass is 502 g/mol. The Kier molecular flexibility index (Phi) is 6.17. The highest BCUT2D eigenvalue weighted by Gasteiger charge is 2.42. The van der Waals surface area contributed by atoms with Gasteiger partial charge in [-0.2, -0.15) is 23.4 Å². The first-order valence-electron chi connectivity index (χ1n) is 10.5. The molecule has 1 amide bonds. The molecule has 0 bridgehead atoms. The first-order valence-corrected chi connectivity index (χ1v) is 11.3. The van der Waals surface area contributed by atoms with Crippen LogP contribution in [0.2, 0.25) is 0 Å². The summed E-state index contributed by atoms with van der Waals surface area (Å²) >= 11 is 3.07. The van der Waals surface area contributed by atoms with Crippen molar-refractivity contribution < 1.29 is 18.0 Å². The second kappa shape index (κ2) is 8.57. The van der Waals surface area contributed by atoms with E-state index in [2.05, 4.69) is 37.2 Å². The molecule has 2 aromatic heterocycles. The van der Waals surface area contributed by atoms with E-state index >= 15 is 0 Å². The Morgan fingerprint density at radius 2 is 1.87 bits per heavy atom. The summed E-state index contributed by atoms with van der Waals surface area (Å²) in [6.07, 6.45) is -0.850. The highest BCUT2D eigenvalue weighted by Crippen LogP contribution is 2.47. The highest BCUT2D eigenvalue weighted by atomic mass is 79.9. The molecule has 2 aromatic rings. The molecule has 2 aliphatic rings. The number of aryl methyl sites for hydroxylation is 2. The Labute approximate surface area is 187 Å². The summed E-state index contributed by atoms with van der Waals surface area (Å²) < 4.78 is 43.0. The molecular formula is C20H26BrF3N6O. The summed E-state index contributed by atoms with van der Waals surface area (Å²) in [6, 6.07) is 0. The van der Waals surface area contributed by atoms with Crippen LogP contribution in [0.3, 0.4) is 0 Å². The van der Waals surface area contributed by atoms with Gasteiger partial charge in [-0.15, -0.1) is 0 Å². The molecule has 3 heterocycles. The molecule has 0 radical (unpaired) electrons. The number of alkyl halides is 3. The molecule has 0 N–H and O–H groups in total. The molecular weight excluding hydrogens is 477 g/mol. The smallest absolute Gasteiger partial charge is 0.339 e. The number of hydrogen-bond donors (Lipinski definition) is 0. The van der Waals surface area contributed by atoms with Gasteiger partial charge in [-0.25, -0.2) is 0 Å². The fraction of sp³-hybridized carbons (Fsp3) is 0.650. The minimum Gasteiger partial charge on any atom is -0.339 e. The second-order valence-corrected chi connectivity index (χ2v) is 9.02. The van der Waals surface area contributed by atoms with Gasteiger partial charge in [0.05, 0.1) is 15.9 Å². The summed E-state index contributed by atoms with van der Waals surface area (Å²) in [5, 5.41) is 8.22. The van der Waals surface area contributed by atoms with Crippen LogP contribution in [0.15, 0.2) is 10.7 Å². The molecule has 31 heavy (non-hydrogen) atoms. The molecule has 1 saturated carbocycles. The lowest BCUT2D eigenvalue weighted by Gasteiger charge is -2.34. The minimum absolute atomic E-state index is 0.0249. The number of piperazine rings is 1. The summed E-state index contributed by atoms with van der Waals surface area (Å²) in [4.78, 5) is 16.8. The Balaban J connectivity index is 1.38. The van der Waals surface area contributed by atoms with Crippen molar-refractivity contribution in [3.8, 4) is 0 Å². The van der Waals surface area contributed by atoms with Gasteiger partial charge in [0.1, 0.15) is 6.54 Å². The Bertz CT molecular complexity index is 957. The van der Waals surface area contributed by atoms with Crippen molar-refractivity contribution in [2.75, 3.05) is 26.2 Å². The molecule has 0 unspecified atom stereocenters. The zero-order chi connectivity index (χ0) is 22.3. The van der Waals surface area contributed by atoms with Crippen LogP contribution in [0, 0.1) is 6.92 Å². The Morgan fingerprint density at radius 3 is 2.42 bits per heavy atom. The van der Waals surface area contributed by atoms with Gasteiger partial charge in [0, 0.05) is 56.9 Å². The van der Waals surface area contributed by atoms with Gasteiger partial charge in [-0.3, -0.25) is 19.1 Å². The maximum atomic E-state index is 13.3. The first-order chi connectivity index (χ1) is 14.7. The Hall–Kier alpha value is -1.88. The lowest BCUT2D eigenvalue weighted by Crippen LogP contribution is -2.49. The molecule has 0 spiro atoms. The molecule has 0 aromatic carbocycles. The molecule has 2 fully saturated rings. The summed E-state index contributed by atoms with van der Waals surface area (Å²) in [5.74, 6) is -0.157. The third-order valence-electron chi connectivity index (χ3n) is 5.94. The van der Waals surface area contributed by atoms with E-state index < -0.39 is 11.9 Å². The summed E-state index contributed by atoms with van der Waals surface area (Å²) in [6.45, 7) is 8.01. The van der Waals surface area contributed by atoms with Crippen LogP contribution in [-0.2, 0) is 30.6 Å². The second-order valence-electron chi connectivity index (χ2n) is 8.23. The normalized spacial score (nSPS) is 18.1. The molecule has 1 aliphatic heterocycles. The van der Waals surface area contributed by atoms with Gasteiger partial charge in [0.15, 0.2) is 5.69 Å². The first kappa shape index (κ1) is 22.3. The SMILES string of the molecule is CCn1cc(CN2CCN(C(=O)Cn3nc(C(F)(F)F)c(Br)c3C3CC3)CC2)c(C)n1. The van der Waals surface area contributed by atoms with Crippen molar-refractivity contribution in [2.24, 2.45) is 0 Å². The minimum atomic E-state index is -4.55. The number of aromatic nitrogens is 4. The summed E-state index contributed by atoms with van der Waals surface area (Å²) in [5.41, 5.74) is 1.73. The Morgan fingerprint density at radius 1 is 1.19 bits per heavy atom. The number of halogens is 4. The van der Waals surface area contributed by atoms with E-state index in [-0.39, 0.29) is 22.8 Å². The van der Waals surface area contributed by atoms with Crippen molar-refractivity contribution >= 4 is 21.8 Å². The van der Waals surface area contributed by atoms with Crippen LogP contribution in [0.25, 0.3) is 0 Å². The highest BCUT2D eigenvalue weighted by molar-refractivity contribution is 9.10. The van der Waals surface area contributed by atoms with Crippen LogP contribution in [0.4, 0.5) is 13.2 Å². The molecule has 170 valence electrons. The predicted octanol–water partition coefficient (Wildman–Crippen LogP) is 3.41. The molecule has 0 atom stereocenters. The number of rotatable bonds is 6. The van der Waals surface area contributed by atoms with E-state index in [9.17, 15) is 18.0 Å². The average Bonchev–Trinajstić information content (AvgIpc) is 3.40. The number of carbonyl (C=O) groups excluding carboxylic acids is 1. The number of nitrogens with zero attached hydrogens (tertiary/aromatic N) is 6. The molecule has 7 nitrogen and oxygen atoms in total. The number of carbonyl (C=O) groups is 1. The standard InChI is InChI=1S/C20H26BrF3N6O/c1-3-29-11-15(13(2)25-29)10-27-6-8-28(9-7-27)16(31)12-30-18(14-4-5-14)17(21)19(26-30)20(22,23)24/h11,14H,3-10,12H2,1-2H3. The lowest BCUT2D eigenvalue weighted by molar-refractivity contribution is -0.142. The number of hydrogen-bond acceptors (Lipinski definition) is 4. The fourth-order valence-corrected chi connectivity index (χ4v) is 4.83. The van der Waals surface area contributed by atoms with Crippen molar-refractivity contribution in [3.63, 3.8) is 0 Å². The quantitative estimate of drug-likeness (QED) is 0.607. The van der Waals surface area contributed by atoms with Crippen molar-refractivity contribution in [1.82, 2.24) is 29.4 Å². The largest absolute Gasteiger partial charge is 0.436 e. The van der Waals surface area contributed by atoms with Crippen LogP contribution >= 0.6 is 15.9 Å². The zero-order valence-corrected chi connectivity index (χ0v) is 19.2. The van der Waals surface area contributed by atoms with Crippen LogP contribution in [0.5, 0.6) is 0 Å². The van der Waals surface area contributed by atoms with E-state index in [1.165, 1.54) is 10.2 Å². The van der Waals surface area contributed by atoms with Gasteiger partial charge >= 0.3 is 6.18 Å². The predicted molar refractivity (Wildman–Crippen MR) is 111 cm³/mol. The maximum Gasteiger partial charge on any atom is 0.436 e. The topological polar surface area (TPSA) is 59.2 Å². The van der Waals surface area contributed by atoms with Crippen LogP contribution in [0.1, 0.15) is 48.3 Å². The van der Waals surface area contributed by atoms with E-state index in [1.807, 2.05) is 18.5 Å². The van der Waals surface area contributed by atoms with Gasteiger partial charge < -0.3 is 4.90 Å². The van der Waals surface area contributed by atoms with Crippen molar-refractivity contribution in [3.05, 3.63) is 33.3 Å².